The molecule has 1 N–H and O–H groups in total. The van der Waals surface area contributed by atoms with E-state index >= 15 is 0 Å². The Morgan fingerprint density at radius 3 is 2.85 bits per heavy atom. The first-order valence-electron chi connectivity index (χ1n) is 5.88. The number of rotatable bonds is 6. The molecule has 0 amide bonds. The number of ether oxygens (including phenoxy) is 1. The number of aromatic nitrogens is 1. The van der Waals surface area contributed by atoms with Crippen LogP contribution in [-0.2, 0) is 14.3 Å². The van der Waals surface area contributed by atoms with E-state index in [9.17, 15) is 9.59 Å². The molecule has 1 atom stereocenters. The van der Waals surface area contributed by atoms with Crippen LogP contribution in [0.5, 0.6) is 0 Å². The number of carboxylic acid groups (broad SMARTS) is 1. The highest BCUT2D eigenvalue weighted by Crippen LogP contribution is 2.31. The van der Waals surface area contributed by atoms with Gasteiger partial charge in [-0.1, -0.05) is 23.9 Å². The van der Waals surface area contributed by atoms with Gasteiger partial charge in [-0.25, -0.2) is 4.98 Å². The maximum Gasteiger partial charge on any atom is 0.310 e. The lowest BCUT2D eigenvalue weighted by molar-refractivity contribution is -0.149. The van der Waals surface area contributed by atoms with Crippen LogP contribution >= 0.6 is 23.1 Å². The molecule has 0 radical (unpaired) electrons. The van der Waals surface area contributed by atoms with E-state index in [-0.39, 0.29) is 6.42 Å². The number of nitrogens with zero attached hydrogens (tertiary/aromatic N) is 1. The van der Waals surface area contributed by atoms with Gasteiger partial charge in [-0.2, -0.15) is 0 Å². The standard InChI is InChI=1S/C13H13NO4S2/c1-18-12(17)8(6-11(15)16)7-19-13-14-9-4-2-3-5-10(9)20-13/h2-5,8H,6-7H2,1H3,(H,15,16). The maximum absolute atomic E-state index is 11.5. The van der Waals surface area contributed by atoms with Gasteiger partial charge in [0, 0.05) is 5.75 Å². The smallest absolute Gasteiger partial charge is 0.310 e. The van der Waals surface area contributed by atoms with E-state index in [1.807, 2.05) is 24.3 Å². The number of hydrogen-bond donors (Lipinski definition) is 1. The van der Waals surface area contributed by atoms with Crippen molar-refractivity contribution in [3.8, 4) is 0 Å². The number of carbonyl (C=O) groups is 2. The third kappa shape index (κ3) is 3.71. The van der Waals surface area contributed by atoms with E-state index in [1.54, 1.807) is 0 Å². The van der Waals surface area contributed by atoms with Crippen LogP contribution in [0.1, 0.15) is 6.42 Å². The lowest BCUT2D eigenvalue weighted by atomic mass is 10.1. The second kappa shape index (κ2) is 6.71. The summed E-state index contributed by atoms with van der Waals surface area (Å²) in [5.74, 6) is -1.82. The molecule has 0 spiro atoms. The summed E-state index contributed by atoms with van der Waals surface area (Å²) in [7, 11) is 1.26. The van der Waals surface area contributed by atoms with Crippen LogP contribution in [0.4, 0.5) is 0 Å². The maximum atomic E-state index is 11.5. The van der Waals surface area contributed by atoms with Crippen LogP contribution in [0.15, 0.2) is 28.6 Å². The predicted molar refractivity (Wildman–Crippen MR) is 78.1 cm³/mol. The molecule has 7 heteroatoms. The highest BCUT2D eigenvalue weighted by Gasteiger charge is 2.23. The monoisotopic (exact) mass is 311 g/mol. The van der Waals surface area contributed by atoms with Crippen LogP contribution in [-0.4, -0.2) is 34.9 Å². The third-order valence-electron chi connectivity index (χ3n) is 2.64. The summed E-state index contributed by atoms with van der Waals surface area (Å²) in [6, 6.07) is 7.76. The quantitative estimate of drug-likeness (QED) is 0.653. The van der Waals surface area contributed by atoms with E-state index in [1.165, 1.54) is 30.2 Å². The molecule has 1 aromatic heterocycles. The summed E-state index contributed by atoms with van der Waals surface area (Å²) in [5.41, 5.74) is 0.910. The predicted octanol–water partition coefficient (Wildman–Crippen LogP) is 2.65. The van der Waals surface area contributed by atoms with Crippen molar-refractivity contribution in [1.29, 1.82) is 0 Å². The van der Waals surface area contributed by atoms with Crippen molar-refractivity contribution in [2.45, 2.75) is 10.8 Å². The van der Waals surface area contributed by atoms with Crippen LogP contribution in [0.2, 0.25) is 0 Å². The molecule has 0 bridgehead atoms. The summed E-state index contributed by atoms with van der Waals surface area (Å²) in [6.45, 7) is 0. The molecule has 0 aliphatic rings. The molecule has 0 aliphatic heterocycles. The van der Waals surface area contributed by atoms with Crippen LogP contribution in [0, 0.1) is 5.92 Å². The fraction of sp³-hybridized carbons (Fsp3) is 0.308. The minimum absolute atomic E-state index is 0.232. The largest absolute Gasteiger partial charge is 0.481 e. The Morgan fingerprint density at radius 1 is 1.45 bits per heavy atom. The van der Waals surface area contributed by atoms with Crippen molar-refractivity contribution < 1.29 is 19.4 Å². The molecule has 20 heavy (non-hydrogen) atoms. The molecule has 5 nitrogen and oxygen atoms in total. The Labute approximate surface area is 124 Å². The van der Waals surface area contributed by atoms with Crippen molar-refractivity contribution in [2.75, 3.05) is 12.9 Å². The van der Waals surface area contributed by atoms with Gasteiger partial charge >= 0.3 is 11.9 Å². The molecule has 0 saturated carbocycles. The van der Waals surface area contributed by atoms with Crippen LogP contribution in [0.3, 0.4) is 0 Å². The highest BCUT2D eigenvalue weighted by atomic mass is 32.2. The van der Waals surface area contributed by atoms with Gasteiger partial charge in [0.15, 0.2) is 4.34 Å². The number of thiazole rings is 1. The molecule has 106 valence electrons. The molecular weight excluding hydrogens is 298 g/mol. The van der Waals surface area contributed by atoms with Crippen molar-refractivity contribution in [3.63, 3.8) is 0 Å². The number of para-hydroxylation sites is 1. The first-order valence-corrected chi connectivity index (χ1v) is 7.68. The van der Waals surface area contributed by atoms with Crippen LogP contribution in [0.25, 0.3) is 10.2 Å². The van der Waals surface area contributed by atoms with Gasteiger partial charge < -0.3 is 9.84 Å². The Kier molecular flexibility index (Phi) is 4.97. The SMILES string of the molecule is COC(=O)C(CSc1nc2ccccc2s1)CC(=O)O. The summed E-state index contributed by atoms with van der Waals surface area (Å²) in [6.07, 6.45) is -0.232. The third-order valence-corrected chi connectivity index (χ3v) is 4.98. The molecule has 2 rings (SSSR count). The number of carboxylic acids is 1. The number of thioether (sulfide) groups is 1. The summed E-state index contributed by atoms with van der Waals surface area (Å²) in [4.78, 5) is 26.7. The van der Waals surface area contributed by atoms with Gasteiger partial charge in [-0.3, -0.25) is 9.59 Å². The first kappa shape index (κ1) is 14.8. The fourth-order valence-corrected chi connectivity index (χ4v) is 3.84. The average Bonchev–Trinajstić information content (AvgIpc) is 2.84. The number of aliphatic carboxylic acids is 1. The zero-order chi connectivity index (χ0) is 14.5. The molecule has 1 aromatic carbocycles. The van der Waals surface area contributed by atoms with Crippen molar-refractivity contribution >= 4 is 45.3 Å². The summed E-state index contributed by atoms with van der Waals surface area (Å²) < 4.78 is 6.52. The van der Waals surface area contributed by atoms with E-state index < -0.39 is 17.9 Å². The Morgan fingerprint density at radius 2 is 2.20 bits per heavy atom. The average molecular weight is 311 g/mol. The van der Waals surface area contributed by atoms with Gasteiger partial charge in [0.2, 0.25) is 0 Å². The Balaban J connectivity index is 2.04. The first-order chi connectivity index (χ1) is 9.60. The van der Waals surface area contributed by atoms with E-state index in [0.717, 1.165) is 14.6 Å². The molecule has 0 fully saturated rings. The van der Waals surface area contributed by atoms with Crippen molar-refractivity contribution in [2.24, 2.45) is 5.92 Å². The van der Waals surface area contributed by atoms with Crippen LogP contribution < -0.4 is 0 Å². The zero-order valence-corrected chi connectivity index (χ0v) is 12.4. The minimum Gasteiger partial charge on any atom is -0.481 e. The number of benzene rings is 1. The van der Waals surface area contributed by atoms with Gasteiger partial charge in [0.25, 0.3) is 0 Å². The van der Waals surface area contributed by atoms with Gasteiger partial charge in [-0.15, -0.1) is 11.3 Å². The fourth-order valence-electron chi connectivity index (χ4n) is 1.67. The number of methoxy groups -OCH3 is 1. The van der Waals surface area contributed by atoms with E-state index in [0.29, 0.717) is 5.75 Å². The number of hydrogen-bond acceptors (Lipinski definition) is 6. The number of esters is 1. The minimum atomic E-state index is -1.01. The Hall–Kier alpha value is -1.60. The lowest BCUT2D eigenvalue weighted by Crippen LogP contribution is -2.21. The number of fused-ring (bicyclic) bond motifs is 1. The second-order valence-electron chi connectivity index (χ2n) is 4.08. The molecule has 0 aliphatic carbocycles. The number of carbonyl (C=O) groups excluding carboxylic acids is 1. The van der Waals surface area contributed by atoms with Gasteiger partial charge in [0.1, 0.15) is 0 Å². The second-order valence-corrected chi connectivity index (χ2v) is 6.37. The molecular formula is C13H13NO4S2. The highest BCUT2D eigenvalue weighted by molar-refractivity contribution is 8.01. The van der Waals surface area contributed by atoms with Crippen molar-refractivity contribution in [3.05, 3.63) is 24.3 Å². The van der Waals surface area contributed by atoms with Gasteiger partial charge in [-0.05, 0) is 12.1 Å². The molecule has 1 heterocycles. The molecule has 1 unspecified atom stereocenters. The summed E-state index contributed by atoms with van der Waals surface area (Å²) in [5, 5.41) is 8.81. The summed E-state index contributed by atoms with van der Waals surface area (Å²) >= 11 is 2.91. The topological polar surface area (TPSA) is 76.5 Å². The lowest BCUT2D eigenvalue weighted by Gasteiger charge is -2.10. The van der Waals surface area contributed by atoms with Gasteiger partial charge in [0.05, 0.1) is 29.7 Å². The zero-order valence-electron chi connectivity index (χ0n) is 10.7. The van der Waals surface area contributed by atoms with Crippen molar-refractivity contribution in [1.82, 2.24) is 4.98 Å². The Bertz CT molecular complexity index is 593. The van der Waals surface area contributed by atoms with E-state index in [2.05, 4.69) is 9.72 Å². The molecule has 0 saturated heterocycles. The molecule has 2 aromatic rings. The van der Waals surface area contributed by atoms with E-state index in [4.69, 9.17) is 5.11 Å². The normalized spacial score (nSPS) is 12.2.